The van der Waals surface area contributed by atoms with Crippen molar-refractivity contribution < 1.29 is 4.74 Å². The summed E-state index contributed by atoms with van der Waals surface area (Å²) >= 11 is 0. The lowest BCUT2D eigenvalue weighted by Crippen LogP contribution is -2.11. The minimum absolute atomic E-state index is 0.530. The van der Waals surface area contributed by atoms with Gasteiger partial charge in [0, 0.05) is 11.4 Å². The van der Waals surface area contributed by atoms with Crippen molar-refractivity contribution in [2.75, 3.05) is 0 Å². The molecule has 0 amide bonds. The average Bonchev–Trinajstić information content (AvgIpc) is 2.94. The molecule has 25 heavy (non-hydrogen) atoms. The number of ether oxygens (including phenoxy) is 1. The van der Waals surface area contributed by atoms with Crippen LogP contribution >= 0.6 is 0 Å². The minimum atomic E-state index is 0.530. The molecule has 0 bridgehead atoms. The fraction of sp³-hybridized carbons (Fsp3) is 0.333. The van der Waals surface area contributed by atoms with Gasteiger partial charge < -0.3 is 4.74 Å². The third kappa shape index (κ3) is 3.73. The van der Waals surface area contributed by atoms with Gasteiger partial charge in [-0.05, 0) is 44.9 Å². The van der Waals surface area contributed by atoms with Crippen LogP contribution in [0.3, 0.4) is 0 Å². The average molecular weight is 335 g/mol. The summed E-state index contributed by atoms with van der Waals surface area (Å²) in [7, 11) is 0. The van der Waals surface area contributed by atoms with Crippen molar-refractivity contribution in [3.63, 3.8) is 0 Å². The van der Waals surface area contributed by atoms with Gasteiger partial charge in [0.25, 0.3) is 0 Å². The van der Waals surface area contributed by atoms with E-state index in [0.29, 0.717) is 6.61 Å². The van der Waals surface area contributed by atoms with Gasteiger partial charge in [0.2, 0.25) is 5.95 Å². The van der Waals surface area contributed by atoms with Crippen molar-refractivity contribution in [2.24, 2.45) is 0 Å². The molecule has 0 unspecified atom stereocenters. The predicted molar refractivity (Wildman–Crippen MR) is 100 cm³/mol. The molecule has 0 saturated heterocycles. The van der Waals surface area contributed by atoms with Crippen LogP contribution in [0.15, 0.2) is 42.5 Å². The molecule has 0 aliphatic rings. The highest BCUT2D eigenvalue weighted by Crippen LogP contribution is 2.25. The van der Waals surface area contributed by atoms with Crippen LogP contribution in [0.5, 0.6) is 5.75 Å². The molecule has 3 aromatic rings. The monoisotopic (exact) mass is 335 g/mol. The number of hydrogen-bond donors (Lipinski definition) is 0. The summed E-state index contributed by atoms with van der Waals surface area (Å²) in [5.41, 5.74) is 5.28. The Balaban J connectivity index is 1.95. The van der Waals surface area contributed by atoms with Crippen molar-refractivity contribution in [3.8, 4) is 11.7 Å². The van der Waals surface area contributed by atoms with Gasteiger partial charge in [-0.15, -0.1) is 0 Å². The molecule has 0 spiro atoms. The van der Waals surface area contributed by atoms with Gasteiger partial charge >= 0.3 is 0 Å². The molecular weight excluding hydrogens is 310 g/mol. The van der Waals surface area contributed by atoms with Crippen molar-refractivity contribution in [1.29, 1.82) is 0 Å². The summed E-state index contributed by atoms with van der Waals surface area (Å²) in [6.07, 6.45) is 1.89. The molecule has 0 atom stereocenters. The van der Waals surface area contributed by atoms with Crippen LogP contribution in [0.25, 0.3) is 5.95 Å². The topological polar surface area (TPSA) is 39.9 Å². The Bertz CT molecular complexity index is 834. The second kappa shape index (κ2) is 7.51. The second-order valence-corrected chi connectivity index (χ2v) is 6.36. The third-order valence-corrected chi connectivity index (χ3v) is 4.28. The zero-order chi connectivity index (χ0) is 17.8. The summed E-state index contributed by atoms with van der Waals surface area (Å²) in [5, 5.41) is 0. The molecular formula is C21H25N3O. The molecule has 0 saturated carbocycles. The van der Waals surface area contributed by atoms with Crippen molar-refractivity contribution in [1.82, 2.24) is 14.5 Å². The second-order valence-electron chi connectivity index (χ2n) is 6.36. The van der Waals surface area contributed by atoms with Gasteiger partial charge in [-0.1, -0.05) is 43.7 Å². The van der Waals surface area contributed by atoms with Crippen LogP contribution in [0.4, 0.5) is 0 Å². The van der Waals surface area contributed by atoms with Crippen LogP contribution in [0.1, 0.15) is 41.7 Å². The Labute approximate surface area is 149 Å². The maximum absolute atomic E-state index is 6.11. The molecule has 4 nitrogen and oxygen atoms in total. The maximum atomic E-state index is 6.11. The van der Waals surface area contributed by atoms with E-state index in [2.05, 4.69) is 49.6 Å². The van der Waals surface area contributed by atoms with Crippen LogP contribution in [-0.4, -0.2) is 14.5 Å². The number of hydrogen-bond acceptors (Lipinski definition) is 3. The zero-order valence-electron chi connectivity index (χ0n) is 15.4. The minimum Gasteiger partial charge on any atom is -0.485 e. The Morgan fingerprint density at radius 3 is 2.24 bits per heavy atom. The Kier molecular flexibility index (Phi) is 5.17. The van der Waals surface area contributed by atoms with E-state index in [9.17, 15) is 0 Å². The smallest absolute Gasteiger partial charge is 0.234 e. The van der Waals surface area contributed by atoms with E-state index in [4.69, 9.17) is 14.7 Å². The van der Waals surface area contributed by atoms with E-state index in [0.717, 1.165) is 52.9 Å². The van der Waals surface area contributed by atoms with E-state index in [1.807, 2.05) is 25.1 Å². The largest absolute Gasteiger partial charge is 0.485 e. The van der Waals surface area contributed by atoms with Crippen LogP contribution in [0, 0.1) is 20.8 Å². The first kappa shape index (κ1) is 17.2. The van der Waals surface area contributed by atoms with Crippen molar-refractivity contribution in [3.05, 3.63) is 70.8 Å². The van der Waals surface area contributed by atoms with E-state index < -0.39 is 0 Å². The number of benzene rings is 1. The van der Waals surface area contributed by atoms with Gasteiger partial charge in [0.15, 0.2) is 5.75 Å². The lowest BCUT2D eigenvalue weighted by molar-refractivity contribution is 0.297. The molecule has 0 aliphatic carbocycles. The molecule has 0 radical (unpaired) electrons. The molecule has 1 aromatic carbocycles. The molecule has 2 aromatic heterocycles. The first-order chi connectivity index (χ1) is 12.1. The van der Waals surface area contributed by atoms with E-state index in [1.165, 1.54) is 0 Å². The highest BCUT2D eigenvalue weighted by atomic mass is 16.5. The fourth-order valence-corrected chi connectivity index (χ4v) is 3.01. The number of aromatic nitrogens is 3. The predicted octanol–water partition coefficient (Wildman–Crippen LogP) is 4.72. The molecule has 0 aliphatic heterocycles. The molecule has 2 heterocycles. The number of nitrogens with zero attached hydrogens (tertiary/aromatic N) is 3. The van der Waals surface area contributed by atoms with Crippen LogP contribution in [0.2, 0.25) is 0 Å². The summed E-state index contributed by atoms with van der Waals surface area (Å²) in [6, 6.07) is 14.4. The van der Waals surface area contributed by atoms with Crippen LogP contribution < -0.4 is 4.74 Å². The number of rotatable bonds is 6. The lowest BCUT2D eigenvalue weighted by Gasteiger charge is -2.16. The van der Waals surface area contributed by atoms with Crippen molar-refractivity contribution >= 4 is 0 Å². The third-order valence-electron chi connectivity index (χ3n) is 4.28. The summed E-state index contributed by atoms with van der Waals surface area (Å²) in [5.74, 6) is 1.55. The maximum Gasteiger partial charge on any atom is 0.234 e. The van der Waals surface area contributed by atoms with E-state index >= 15 is 0 Å². The first-order valence-corrected chi connectivity index (χ1v) is 8.79. The molecule has 3 rings (SSSR count). The van der Waals surface area contributed by atoms with Gasteiger partial charge in [0.05, 0.1) is 11.4 Å². The van der Waals surface area contributed by atoms with Crippen LogP contribution in [-0.2, 0) is 13.0 Å². The summed E-state index contributed by atoms with van der Waals surface area (Å²) in [6.45, 7) is 8.84. The highest BCUT2D eigenvalue weighted by molar-refractivity contribution is 5.37. The SMILES string of the molecule is CCCc1nc(-n2c(C)ccc2C)nc(C)c1OCc1ccccc1. The highest BCUT2D eigenvalue weighted by Gasteiger charge is 2.15. The van der Waals surface area contributed by atoms with Crippen molar-refractivity contribution in [2.45, 2.75) is 47.1 Å². The van der Waals surface area contributed by atoms with E-state index in [-0.39, 0.29) is 0 Å². The zero-order valence-corrected chi connectivity index (χ0v) is 15.4. The lowest BCUT2D eigenvalue weighted by atomic mass is 10.2. The van der Waals surface area contributed by atoms with Gasteiger partial charge in [-0.3, -0.25) is 4.57 Å². The Hall–Kier alpha value is -2.62. The van der Waals surface area contributed by atoms with Gasteiger partial charge in [0.1, 0.15) is 6.61 Å². The standard InChI is InChI=1S/C21H25N3O/c1-5-9-19-20(25-14-18-10-7-6-8-11-18)17(4)22-21(23-19)24-15(2)12-13-16(24)3/h6-8,10-13H,5,9,14H2,1-4H3. The quantitative estimate of drug-likeness (QED) is 0.654. The summed E-state index contributed by atoms with van der Waals surface area (Å²) in [4.78, 5) is 9.55. The molecule has 0 N–H and O–H groups in total. The Morgan fingerprint density at radius 1 is 0.920 bits per heavy atom. The van der Waals surface area contributed by atoms with Gasteiger partial charge in [-0.2, -0.15) is 0 Å². The molecule has 4 heteroatoms. The molecule has 130 valence electrons. The Morgan fingerprint density at radius 2 is 1.60 bits per heavy atom. The molecule has 0 fully saturated rings. The first-order valence-electron chi connectivity index (χ1n) is 8.79. The fourth-order valence-electron chi connectivity index (χ4n) is 3.01. The normalized spacial score (nSPS) is 10.9. The summed E-state index contributed by atoms with van der Waals surface area (Å²) < 4.78 is 8.20. The van der Waals surface area contributed by atoms with Gasteiger partial charge in [-0.25, -0.2) is 9.97 Å². The number of aryl methyl sites for hydroxylation is 4. The van der Waals surface area contributed by atoms with E-state index in [1.54, 1.807) is 0 Å².